The van der Waals surface area contributed by atoms with Gasteiger partial charge >= 0.3 is 0 Å². The normalized spacial score (nSPS) is 11.4. The quantitative estimate of drug-likeness (QED) is 0.266. The Morgan fingerprint density at radius 2 is 1.03 bits per heavy atom. The van der Waals surface area contributed by atoms with Crippen molar-refractivity contribution >= 4 is 32.3 Å². The fourth-order valence-electron chi connectivity index (χ4n) is 4.88. The van der Waals surface area contributed by atoms with Crippen molar-refractivity contribution in [2.24, 2.45) is 0 Å². The maximum absolute atomic E-state index is 11.0. The van der Waals surface area contributed by atoms with E-state index in [1.54, 1.807) is 24.3 Å². The Kier molecular flexibility index (Phi) is 4.24. The molecule has 0 spiro atoms. The van der Waals surface area contributed by atoms with Gasteiger partial charge < -0.3 is 15.3 Å². The Labute approximate surface area is 190 Å². The van der Waals surface area contributed by atoms with Crippen molar-refractivity contribution in [3.05, 3.63) is 103 Å². The van der Waals surface area contributed by atoms with Crippen LogP contribution in [0.15, 0.2) is 103 Å². The van der Waals surface area contributed by atoms with E-state index in [2.05, 4.69) is 6.07 Å². The van der Waals surface area contributed by atoms with Crippen molar-refractivity contribution in [2.75, 3.05) is 0 Å². The number of rotatable bonds is 2. The smallest absolute Gasteiger partial charge is 0.124 e. The van der Waals surface area contributed by atoms with Crippen molar-refractivity contribution in [3.63, 3.8) is 0 Å². The standard InChI is InChI=1S/C30H20O3/c31-19-16-18-6-1-2-7-20(18)27(17-19)26-13-12-23(25-10-5-11-29(33)30(25)26)22-14-15-28(32)24-9-4-3-8-21(22)24/h1-17,31-33H. The Morgan fingerprint density at radius 3 is 1.88 bits per heavy atom. The number of fused-ring (bicyclic) bond motifs is 3. The van der Waals surface area contributed by atoms with Gasteiger partial charge in [0.1, 0.15) is 17.2 Å². The summed E-state index contributed by atoms with van der Waals surface area (Å²) in [5.41, 5.74) is 3.65. The van der Waals surface area contributed by atoms with Gasteiger partial charge in [-0.1, -0.05) is 78.9 Å². The summed E-state index contributed by atoms with van der Waals surface area (Å²) in [5, 5.41) is 37.0. The average molecular weight is 428 g/mol. The van der Waals surface area contributed by atoms with Crippen LogP contribution in [0.3, 0.4) is 0 Å². The van der Waals surface area contributed by atoms with Crippen LogP contribution in [0.1, 0.15) is 0 Å². The summed E-state index contributed by atoms with van der Waals surface area (Å²) in [5.74, 6) is 0.602. The van der Waals surface area contributed by atoms with Crippen LogP contribution < -0.4 is 0 Å². The van der Waals surface area contributed by atoms with Crippen molar-refractivity contribution in [1.29, 1.82) is 0 Å². The van der Waals surface area contributed by atoms with Crippen LogP contribution in [0, 0.1) is 0 Å². The van der Waals surface area contributed by atoms with Crippen LogP contribution in [0.2, 0.25) is 0 Å². The first-order chi connectivity index (χ1) is 16.1. The first-order valence-electron chi connectivity index (χ1n) is 10.8. The number of phenols is 3. The molecule has 158 valence electrons. The summed E-state index contributed by atoms with van der Waals surface area (Å²) in [6, 6.07) is 32.4. The van der Waals surface area contributed by atoms with Crippen LogP contribution in [-0.2, 0) is 0 Å². The molecule has 0 aromatic heterocycles. The highest BCUT2D eigenvalue weighted by molar-refractivity contribution is 6.14. The van der Waals surface area contributed by atoms with Crippen LogP contribution in [-0.4, -0.2) is 15.3 Å². The predicted molar refractivity (Wildman–Crippen MR) is 135 cm³/mol. The maximum Gasteiger partial charge on any atom is 0.124 e. The van der Waals surface area contributed by atoms with E-state index in [0.717, 1.165) is 54.6 Å². The summed E-state index contributed by atoms with van der Waals surface area (Å²) in [4.78, 5) is 0. The Bertz CT molecular complexity index is 1700. The Morgan fingerprint density at radius 1 is 0.394 bits per heavy atom. The molecule has 6 rings (SSSR count). The largest absolute Gasteiger partial charge is 0.508 e. The molecule has 0 aliphatic rings. The summed E-state index contributed by atoms with van der Waals surface area (Å²) in [6.07, 6.45) is 0. The molecule has 0 amide bonds. The molecule has 0 radical (unpaired) electrons. The van der Waals surface area contributed by atoms with Gasteiger partial charge in [0.15, 0.2) is 0 Å². The highest BCUT2D eigenvalue weighted by Gasteiger charge is 2.17. The fraction of sp³-hybridized carbons (Fsp3) is 0. The van der Waals surface area contributed by atoms with Crippen LogP contribution in [0.25, 0.3) is 54.6 Å². The Balaban J connectivity index is 1.71. The van der Waals surface area contributed by atoms with Crippen LogP contribution in [0.4, 0.5) is 0 Å². The second-order valence-corrected chi connectivity index (χ2v) is 8.25. The van der Waals surface area contributed by atoms with Gasteiger partial charge in [-0.3, -0.25) is 0 Å². The molecular weight excluding hydrogens is 408 g/mol. The molecule has 33 heavy (non-hydrogen) atoms. The Hall–Kier alpha value is -4.50. The van der Waals surface area contributed by atoms with E-state index < -0.39 is 0 Å². The lowest BCUT2D eigenvalue weighted by Crippen LogP contribution is -1.89. The van der Waals surface area contributed by atoms with Gasteiger partial charge in [0.25, 0.3) is 0 Å². The molecule has 0 aliphatic heterocycles. The minimum Gasteiger partial charge on any atom is -0.508 e. The maximum atomic E-state index is 11.0. The van der Waals surface area contributed by atoms with E-state index >= 15 is 0 Å². The van der Waals surface area contributed by atoms with E-state index in [9.17, 15) is 15.3 Å². The molecule has 0 heterocycles. The molecule has 0 aliphatic carbocycles. The second kappa shape index (κ2) is 7.28. The minimum atomic E-state index is 0.180. The van der Waals surface area contributed by atoms with E-state index in [1.165, 1.54) is 0 Å². The van der Waals surface area contributed by atoms with Gasteiger partial charge in [-0.25, -0.2) is 0 Å². The first kappa shape index (κ1) is 19.2. The van der Waals surface area contributed by atoms with Gasteiger partial charge in [-0.15, -0.1) is 0 Å². The summed E-state index contributed by atoms with van der Waals surface area (Å²) in [7, 11) is 0. The van der Waals surface area contributed by atoms with Gasteiger partial charge in [0.05, 0.1) is 0 Å². The van der Waals surface area contributed by atoms with Crippen molar-refractivity contribution in [2.45, 2.75) is 0 Å². The molecule has 3 nitrogen and oxygen atoms in total. The molecule has 0 saturated carbocycles. The average Bonchev–Trinajstić information content (AvgIpc) is 2.84. The monoisotopic (exact) mass is 428 g/mol. The topological polar surface area (TPSA) is 60.7 Å². The van der Waals surface area contributed by atoms with Gasteiger partial charge in [0, 0.05) is 10.8 Å². The summed E-state index contributed by atoms with van der Waals surface area (Å²) in [6.45, 7) is 0. The minimum absolute atomic E-state index is 0.180. The van der Waals surface area contributed by atoms with Crippen LogP contribution >= 0.6 is 0 Å². The highest BCUT2D eigenvalue weighted by atomic mass is 16.3. The predicted octanol–water partition coefficient (Wildman–Crippen LogP) is 7.60. The zero-order chi connectivity index (χ0) is 22.5. The number of hydrogen-bond donors (Lipinski definition) is 3. The third kappa shape index (κ3) is 2.98. The third-order valence-electron chi connectivity index (χ3n) is 6.35. The number of benzene rings is 6. The van der Waals surface area contributed by atoms with E-state index in [0.29, 0.717) is 0 Å². The molecular formula is C30H20O3. The lowest BCUT2D eigenvalue weighted by atomic mass is 9.88. The molecule has 3 heteroatoms. The molecule has 0 bridgehead atoms. The van der Waals surface area contributed by atoms with E-state index in [1.807, 2.05) is 72.8 Å². The zero-order valence-electron chi connectivity index (χ0n) is 17.7. The van der Waals surface area contributed by atoms with Crippen molar-refractivity contribution < 1.29 is 15.3 Å². The molecule has 0 atom stereocenters. The zero-order valence-corrected chi connectivity index (χ0v) is 17.7. The number of hydrogen-bond acceptors (Lipinski definition) is 3. The van der Waals surface area contributed by atoms with Gasteiger partial charge in [-0.05, 0) is 68.1 Å². The van der Waals surface area contributed by atoms with E-state index in [4.69, 9.17) is 0 Å². The lowest BCUT2D eigenvalue weighted by molar-refractivity contribution is 0.476. The highest BCUT2D eigenvalue weighted by Crippen LogP contribution is 2.44. The van der Waals surface area contributed by atoms with Crippen LogP contribution in [0.5, 0.6) is 17.2 Å². The van der Waals surface area contributed by atoms with Crippen molar-refractivity contribution in [1.82, 2.24) is 0 Å². The SMILES string of the molecule is Oc1cc(-c2ccc(-c3ccc(O)c4ccccc34)c3cccc(O)c23)c2ccccc2c1. The second-order valence-electron chi connectivity index (χ2n) is 8.25. The number of phenolic OH excluding ortho intramolecular Hbond substituents is 3. The third-order valence-corrected chi connectivity index (χ3v) is 6.35. The molecule has 3 N–H and O–H groups in total. The molecule has 0 saturated heterocycles. The summed E-state index contributed by atoms with van der Waals surface area (Å²) < 4.78 is 0. The van der Waals surface area contributed by atoms with Crippen molar-refractivity contribution in [3.8, 4) is 39.5 Å². The molecule has 0 fully saturated rings. The fourth-order valence-corrected chi connectivity index (χ4v) is 4.88. The van der Waals surface area contributed by atoms with Gasteiger partial charge in [0.2, 0.25) is 0 Å². The molecule has 6 aromatic rings. The first-order valence-corrected chi connectivity index (χ1v) is 10.8. The lowest BCUT2D eigenvalue weighted by Gasteiger charge is -2.16. The van der Waals surface area contributed by atoms with E-state index in [-0.39, 0.29) is 17.2 Å². The summed E-state index contributed by atoms with van der Waals surface area (Å²) >= 11 is 0. The van der Waals surface area contributed by atoms with Gasteiger partial charge in [-0.2, -0.15) is 0 Å². The number of aromatic hydroxyl groups is 3. The molecule has 0 unspecified atom stereocenters. The molecule has 6 aromatic carbocycles.